The number of benzene rings is 7. The summed E-state index contributed by atoms with van der Waals surface area (Å²) in [4.78, 5) is 0. The Hall–Kier alpha value is -5.92. The second-order valence-electron chi connectivity index (χ2n) is 13.5. The van der Waals surface area contributed by atoms with Crippen LogP contribution in [0.15, 0.2) is 169 Å². The van der Waals surface area contributed by atoms with Gasteiger partial charge in [-0.25, -0.2) is 0 Å². The van der Waals surface area contributed by atoms with Crippen LogP contribution in [0.4, 0.5) is 0 Å². The largest absolute Gasteiger partial charge is 0.309 e. The molecule has 48 heavy (non-hydrogen) atoms. The van der Waals surface area contributed by atoms with Gasteiger partial charge in [-0.3, -0.25) is 0 Å². The van der Waals surface area contributed by atoms with Crippen molar-refractivity contribution in [3.05, 3.63) is 192 Å². The molecule has 8 aromatic rings. The fourth-order valence-corrected chi connectivity index (χ4v) is 9.35. The highest BCUT2D eigenvalue weighted by Crippen LogP contribution is 2.66. The fourth-order valence-electron chi connectivity index (χ4n) is 9.35. The standard InChI is InChI=1S/C47H31N/c1-2-12-30(13-3-1)31-22-25-37-40-26-23-32-28-33(48-44-20-10-6-16-38(44)39-17-7-11-21-45(39)48)24-27-34(32)46(40)47(43(37)29-31)41-18-8-4-14-35(41)36-15-5-9-19-42(36)47/h1-4,6-8,10-29H,5,9H2. The van der Waals surface area contributed by atoms with Crippen LogP contribution < -0.4 is 0 Å². The Balaban J connectivity index is 1.23. The zero-order valence-electron chi connectivity index (χ0n) is 26.4. The van der Waals surface area contributed by atoms with Gasteiger partial charge in [0.15, 0.2) is 0 Å². The molecule has 0 fully saturated rings. The first-order valence-electron chi connectivity index (χ1n) is 17.1. The van der Waals surface area contributed by atoms with Gasteiger partial charge >= 0.3 is 0 Å². The molecule has 3 aliphatic carbocycles. The lowest BCUT2D eigenvalue weighted by Crippen LogP contribution is -2.27. The van der Waals surface area contributed by atoms with Gasteiger partial charge in [0.1, 0.15) is 0 Å². The lowest BCUT2D eigenvalue weighted by Gasteiger charge is -2.33. The van der Waals surface area contributed by atoms with E-state index in [1.165, 1.54) is 93.9 Å². The van der Waals surface area contributed by atoms with Gasteiger partial charge in [0, 0.05) is 16.5 Å². The van der Waals surface area contributed by atoms with Gasteiger partial charge in [0.2, 0.25) is 0 Å². The third kappa shape index (κ3) is 3.26. The van der Waals surface area contributed by atoms with Crippen molar-refractivity contribution in [1.82, 2.24) is 4.57 Å². The third-order valence-electron chi connectivity index (χ3n) is 11.2. The average Bonchev–Trinajstić information content (AvgIpc) is 3.76. The lowest BCUT2D eigenvalue weighted by molar-refractivity contribution is 0.789. The number of para-hydroxylation sites is 2. The molecule has 1 heteroatoms. The highest BCUT2D eigenvalue weighted by molar-refractivity contribution is 6.10. The molecule has 0 N–H and O–H groups in total. The molecule has 0 radical (unpaired) electrons. The van der Waals surface area contributed by atoms with Crippen molar-refractivity contribution in [3.63, 3.8) is 0 Å². The minimum absolute atomic E-state index is 0.369. The van der Waals surface area contributed by atoms with Crippen LogP contribution in [0.1, 0.15) is 35.1 Å². The summed E-state index contributed by atoms with van der Waals surface area (Å²) in [5.41, 5.74) is 17.0. The number of hydrogen-bond donors (Lipinski definition) is 0. The van der Waals surface area contributed by atoms with Gasteiger partial charge in [0.25, 0.3) is 0 Å². The molecule has 0 amide bonds. The zero-order valence-corrected chi connectivity index (χ0v) is 26.4. The van der Waals surface area contributed by atoms with Crippen molar-refractivity contribution in [3.8, 4) is 27.9 Å². The van der Waals surface area contributed by atoms with E-state index in [4.69, 9.17) is 0 Å². The molecule has 0 saturated carbocycles. The smallest absolute Gasteiger partial charge is 0.0728 e. The molecular formula is C47H31N. The molecule has 11 rings (SSSR count). The summed E-state index contributed by atoms with van der Waals surface area (Å²) in [6, 6.07) is 56.7. The Labute approximate surface area is 279 Å². The summed E-state index contributed by atoms with van der Waals surface area (Å²) in [7, 11) is 0. The van der Waals surface area contributed by atoms with Crippen molar-refractivity contribution < 1.29 is 0 Å². The summed E-state index contributed by atoms with van der Waals surface area (Å²) in [5.74, 6) is 0. The Morgan fingerprint density at radius 3 is 2.00 bits per heavy atom. The molecule has 3 aliphatic rings. The Kier molecular flexibility index (Phi) is 5.21. The Morgan fingerprint density at radius 1 is 0.458 bits per heavy atom. The number of nitrogens with zero attached hydrogens (tertiary/aromatic N) is 1. The zero-order chi connectivity index (χ0) is 31.4. The number of allylic oxidation sites excluding steroid dienone is 4. The van der Waals surface area contributed by atoms with Crippen LogP contribution >= 0.6 is 0 Å². The van der Waals surface area contributed by atoms with E-state index < -0.39 is 0 Å². The molecule has 1 spiro atoms. The second-order valence-corrected chi connectivity index (χ2v) is 13.5. The van der Waals surface area contributed by atoms with Gasteiger partial charge in [0.05, 0.1) is 16.4 Å². The quantitative estimate of drug-likeness (QED) is 0.184. The van der Waals surface area contributed by atoms with E-state index in [0.29, 0.717) is 0 Å². The van der Waals surface area contributed by atoms with Crippen LogP contribution in [0.2, 0.25) is 0 Å². The summed E-state index contributed by atoms with van der Waals surface area (Å²) < 4.78 is 2.43. The molecular weight excluding hydrogens is 579 g/mol. The molecule has 7 aromatic carbocycles. The Bertz CT molecular complexity index is 2670. The van der Waals surface area contributed by atoms with Crippen LogP contribution in [0.3, 0.4) is 0 Å². The molecule has 1 nitrogen and oxygen atoms in total. The number of hydrogen-bond acceptors (Lipinski definition) is 0. The van der Waals surface area contributed by atoms with Crippen molar-refractivity contribution in [2.75, 3.05) is 0 Å². The average molecular weight is 610 g/mol. The monoisotopic (exact) mass is 609 g/mol. The van der Waals surface area contributed by atoms with Crippen LogP contribution in [0, 0.1) is 0 Å². The molecule has 0 saturated heterocycles. The van der Waals surface area contributed by atoms with Crippen LogP contribution in [-0.4, -0.2) is 4.57 Å². The van der Waals surface area contributed by atoms with Crippen molar-refractivity contribution in [1.29, 1.82) is 0 Å². The normalized spacial score (nSPS) is 17.3. The molecule has 224 valence electrons. The van der Waals surface area contributed by atoms with Gasteiger partial charge in [-0.15, -0.1) is 0 Å². The van der Waals surface area contributed by atoms with E-state index in [1.54, 1.807) is 0 Å². The Morgan fingerprint density at radius 2 is 1.17 bits per heavy atom. The lowest BCUT2D eigenvalue weighted by atomic mass is 9.68. The molecule has 0 aliphatic heterocycles. The first-order chi connectivity index (χ1) is 23.8. The maximum atomic E-state index is 2.55. The van der Waals surface area contributed by atoms with Gasteiger partial charge in [-0.1, -0.05) is 133 Å². The predicted molar refractivity (Wildman–Crippen MR) is 201 cm³/mol. The highest BCUT2D eigenvalue weighted by atomic mass is 15.0. The fraction of sp³-hybridized carbons (Fsp3) is 0.0638. The number of aromatic nitrogens is 1. The summed E-state index contributed by atoms with van der Waals surface area (Å²) in [5, 5.41) is 5.18. The highest BCUT2D eigenvalue weighted by Gasteiger charge is 2.54. The van der Waals surface area contributed by atoms with Crippen molar-refractivity contribution in [2.24, 2.45) is 0 Å². The summed E-state index contributed by atoms with van der Waals surface area (Å²) in [6.45, 7) is 0. The van der Waals surface area contributed by atoms with Gasteiger partial charge < -0.3 is 4.57 Å². The van der Waals surface area contributed by atoms with Crippen molar-refractivity contribution >= 4 is 38.2 Å². The minimum Gasteiger partial charge on any atom is -0.309 e. The van der Waals surface area contributed by atoms with E-state index in [1.807, 2.05) is 0 Å². The molecule has 1 aromatic heterocycles. The van der Waals surface area contributed by atoms with E-state index in [-0.39, 0.29) is 5.41 Å². The maximum absolute atomic E-state index is 2.55. The molecule has 1 heterocycles. The van der Waals surface area contributed by atoms with E-state index in [0.717, 1.165) is 12.8 Å². The van der Waals surface area contributed by atoms with Crippen molar-refractivity contribution in [2.45, 2.75) is 18.3 Å². The SMILES string of the molecule is C1=C2C(=CCC1)C1(c3ccccc32)c2cc(-c3ccccc3)ccc2-c2ccc3cc(-n4c5ccccc5c5ccccc54)ccc3c21. The van der Waals surface area contributed by atoms with Crippen LogP contribution in [0.5, 0.6) is 0 Å². The third-order valence-corrected chi connectivity index (χ3v) is 11.2. The second kappa shape index (κ2) is 9.56. The van der Waals surface area contributed by atoms with Gasteiger partial charge in [-0.05, 0) is 110 Å². The topological polar surface area (TPSA) is 4.93 Å². The van der Waals surface area contributed by atoms with E-state index in [9.17, 15) is 0 Å². The first kappa shape index (κ1) is 26.2. The first-order valence-corrected chi connectivity index (χ1v) is 17.1. The van der Waals surface area contributed by atoms with Crippen LogP contribution in [0.25, 0.3) is 66.1 Å². The maximum Gasteiger partial charge on any atom is 0.0728 e. The number of rotatable bonds is 2. The summed E-state index contributed by atoms with van der Waals surface area (Å²) in [6.07, 6.45) is 7.20. The minimum atomic E-state index is -0.369. The number of fused-ring (bicyclic) bond motifs is 15. The van der Waals surface area contributed by atoms with Crippen LogP contribution in [-0.2, 0) is 5.41 Å². The van der Waals surface area contributed by atoms with E-state index >= 15 is 0 Å². The van der Waals surface area contributed by atoms with Gasteiger partial charge in [-0.2, -0.15) is 0 Å². The van der Waals surface area contributed by atoms with E-state index in [2.05, 4.69) is 168 Å². The molecule has 0 bridgehead atoms. The molecule has 1 atom stereocenters. The molecule has 1 unspecified atom stereocenters. The summed E-state index contributed by atoms with van der Waals surface area (Å²) >= 11 is 0. The predicted octanol–water partition coefficient (Wildman–Crippen LogP) is 12.0.